The molecule has 2 fully saturated rings. The van der Waals surface area contributed by atoms with E-state index < -0.39 is 0 Å². The smallest absolute Gasteiger partial charge is 0.158 e. The third kappa shape index (κ3) is 3.25. The molecule has 2 aliphatic heterocycles. The van der Waals surface area contributed by atoms with Gasteiger partial charge in [0.25, 0.3) is 0 Å². The molecule has 0 bridgehead atoms. The molecule has 3 rings (SSSR count). The van der Waals surface area contributed by atoms with E-state index in [1.807, 2.05) is 13.0 Å². The maximum atomic E-state index is 5.49. The van der Waals surface area contributed by atoms with Crippen molar-refractivity contribution in [1.82, 2.24) is 14.9 Å². The molecule has 2 aliphatic rings. The fourth-order valence-electron chi connectivity index (χ4n) is 3.34. The molecule has 0 aliphatic carbocycles. The van der Waals surface area contributed by atoms with Crippen molar-refractivity contribution in [3.05, 3.63) is 11.9 Å². The van der Waals surface area contributed by atoms with Crippen LogP contribution in [0.4, 0.5) is 11.6 Å². The Morgan fingerprint density at radius 1 is 1.33 bits per heavy atom. The Labute approximate surface area is 125 Å². The van der Waals surface area contributed by atoms with Crippen LogP contribution in [0.25, 0.3) is 0 Å². The molecule has 7 heteroatoms. The van der Waals surface area contributed by atoms with Crippen molar-refractivity contribution in [2.75, 3.05) is 30.4 Å². The summed E-state index contributed by atoms with van der Waals surface area (Å²) in [7, 11) is 0. The Morgan fingerprint density at radius 2 is 2.19 bits per heavy atom. The van der Waals surface area contributed by atoms with Crippen LogP contribution in [0.15, 0.2) is 6.07 Å². The van der Waals surface area contributed by atoms with Crippen LogP contribution >= 0.6 is 0 Å². The van der Waals surface area contributed by atoms with Gasteiger partial charge in [-0.15, -0.1) is 0 Å². The molecule has 116 valence electrons. The van der Waals surface area contributed by atoms with Crippen LogP contribution in [0.3, 0.4) is 0 Å². The summed E-state index contributed by atoms with van der Waals surface area (Å²) in [6.07, 6.45) is 3.75. The molecule has 2 unspecified atom stereocenters. The fraction of sp³-hybridized carbons (Fsp3) is 0.714. The normalized spacial score (nSPS) is 25.0. The molecule has 1 aromatic rings. The van der Waals surface area contributed by atoms with E-state index in [-0.39, 0.29) is 0 Å². The zero-order valence-corrected chi connectivity index (χ0v) is 12.5. The van der Waals surface area contributed by atoms with Crippen LogP contribution in [0.1, 0.15) is 32.0 Å². The third-order valence-electron chi connectivity index (χ3n) is 4.29. The van der Waals surface area contributed by atoms with E-state index in [1.54, 1.807) is 0 Å². The first kappa shape index (κ1) is 14.5. The summed E-state index contributed by atoms with van der Waals surface area (Å²) < 4.78 is 5.38. The number of hydrazine groups is 1. The Kier molecular flexibility index (Phi) is 4.52. The number of ether oxygens (including phenoxy) is 1. The first-order valence-corrected chi connectivity index (χ1v) is 7.73. The maximum absolute atomic E-state index is 5.49. The predicted octanol–water partition coefficient (Wildman–Crippen LogP) is 0.947. The van der Waals surface area contributed by atoms with Gasteiger partial charge in [-0.3, -0.25) is 4.90 Å². The molecule has 0 saturated carbocycles. The molecule has 0 radical (unpaired) electrons. The largest absolute Gasteiger partial charge is 0.374 e. The number of nitrogen functional groups attached to an aromatic ring is 1. The molecule has 3 heterocycles. The topological polar surface area (TPSA) is 88.3 Å². The van der Waals surface area contributed by atoms with Gasteiger partial charge in [-0.1, -0.05) is 0 Å². The minimum Gasteiger partial charge on any atom is -0.374 e. The molecule has 1 aromatic heterocycles. The zero-order valence-electron chi connectivity index (χ0n) is 12.5. The number of fused-ring (bicyclic) bond motifs is 1. The highest BCUT2D eigenvalue weighted by atomic mass is 16.5. The van der Waals surface area contributed by atoms with Crippen LogP contribution in [-0.2, 0) is 11.3 Å². The molecular weight excluding hydrogens is 268 g/mol. The number of hydrogen-bond acceptors (Lipinski definition) is 7. The average Bonchev–Trinajstić information content (AvgIpc) is 3.10. The second kappa shape index (κ2) is 6.55. The van der Waals surface area contributed by atoms with Crippen molar-refractivity contribution in [2.45, 2.75) is 44.9 Å². The van der Waals surface area contributed by atoms with Gasteiger partial charge in [-0.25, -0.2) is 15.8 Å². The first-order valence-electron chi connectivity index (χ1n) is 7.73. The molecule has 0 amide bonds. The number of rotatable bonds is 6. The second-order valence-electron chi connectivity index (χ2n) is 5.62. The number of nitrogens with zero attached hydrogens (tertiary/aromatic N) is 3. The van der Waals surface area contributed by atoms with Gasteiger partial charge >= 0.3 is 0 Å². The van der Waals surface area contributed by atoms with E-state index in [4.69, 9.17) is 10.6 Å². The number of anilines is 2. The summed E-state index contributed by atoms with van der Waals surface area (Å²) in [5.74, 6) is 7.58. The summed E-state index contributed by atoms with van der Waals surface area (Å²) in [5, 5.41) is 3.56. The van der Waals surface area contributed by atoms with Crippen molar-refractivity contribution < 1.29 is 4.74 Å². The molecule has 2 saturated heterocycles. The predicted molar refractivity (Wildman–Crippen MR) is 81.8 cm³/mol. The number of aromatic nitrogens is 2. The van der Waals surface area contributed by atoms with E-state index in [2.05, 4.69) is 25.6 Å². The molecule has 4 N–H and O–H groups in total. The quantitative estimate of drug-likeness (QED) is 0.531. The SMILES string of the molecule is CCOCc1nc(NN)cc(NC2CCN3CCCC23)n1. The molecule has 2 atom stereocenters. The van der Waals surface area contributed by atoms with Crippen LogP contribution in [-0.4, -0.2) is 46.6 Å². The van der Waals surface area contributed by atoms with E-state index >= 15 is 0 Å². The first-order chi connectivity index (χ1) is 10.3. The van der Waals surface area contributed by atoms with Gasteiger partial charge in [-0.2, -0.15) is 0 Å². The van der Waals surface area contributed by atoms with Gasteiger partial charge in [0.2, 0.25) is 0 Å². The van der Waals surface area contributed by atoms with Gasteiger partial charge in [0.15, 0.2) is 5.82 Å². The lowest BCUT2D eigenvalue weighted by atomic mass is 10.1. The lowest BCUT2D eigenvalue weighted by Crippen LogP contribution is -2.34. The lowest BCUT2D eigenvalue weighted by Gasteiger charge is -2.22. The monoisotopic (exact) mass is 292 g/mol. The van der Waals surface area contributed by atoms with Crippen molar-refractivity contribution in [2.24, 2.45) is 5.84 Å². The molecule has 7 nitrogen and oxygen atoms in total. The van der Waals surface area contributed by atoms with E-state index in [1.165, 1.54) is 32.4 Å². The number of nitrogens with two attached hydrogens (primary N) is 1. The molecule has 0 aromatic carbocycles. The summed E-state index contributed by atoms with van der Waals surface area (Å²) >= 11 is 0. The standard InChI is InChI=1S/C14H24N6O/c1-2-21-9-14-17-12(8-13(18-14)19-15)16-10-5-7-20-6-3-4-11(10)20/h8,10-11H,2-7,9,15H2,1H3,(H2,16,17,18,19). The van der Waals surface area contributed by atoms with Crippen molar-refractivity contribution in [3.8, 4) is 0 Å². The van der Waals surface area contributed by atoms with Crippen LogP contribution in [0.2, 0.25) is 0 Å². The van der Waals surface area contributed by atoms with Crippen molar-refractivity contribution >= 4 is 11.6 Å². The van der Waals surface area contributed by atoms with E-state index in [9.17, 15) is 0 Å². The average molecular weight is 292 g/mol. The zero-order chi connectivity index (χ0) is 14.7. The minimum absolute atomic E-state index is 0.404. The van der Waals surface area contributed by atoms with Crippen LogP contribution in [0.5, 0.6) is 0 Å². The lowest BCUT2D eigenvalue weighted by molar-refractivity contribution is 0.128. The maximum Gasteiger partial charge on any atom is 0.158 e. The molecule has 21 heavy (non-hydrogen) atoms. The Morgan fingerprint density at radius 3 is 3.00 bits per heavy atom. The van der Waals surface area contributed by atoms with E-state index in [0.29, 0.717) is 36.9 Å². The fourth-order valence-corrected chi connectivity index (χ4v) is 3.34. The highest BCUT2D eigenvalue weighted by Gasteiger charge is 2.37. The van der Waals surface area contributed by atoms with Gasteiger partial charge in [0, 0.05) is 31.3 Å². The Balaban J connectivity index is 1.71. The van der Waals surface area contributed by atoms with Crippen LogP contribution < -0.4 is 16.6 Å². The Hall–Kier alpha value is -1.44. The number of nitrogens with one attached hydrogen (secondary N) is 2. The number of hydrogen-bond donors (Lipinski definition) is 3. The Bertz CT molecular complexity index is 483. The summed E-state index contributed by atoms with van der Waals surface area (Å²) in [6.45, 7) is 5.42. The van der Waals surface area contributed by atoms with Crippen molar-refractivity contribution in [3.63, 3.8) is 0 Å². The molecular formula is C14H24N6O. The summed E-state index contributed by atoms with van der Waals surface area (Å²) in [6, 6.07) is 2.96. The van der Waals surface area contributed by atoms with Gasteiger partial charge in [0.1, 0.15) is 18.2 Å². The highest BCUT2D eigenvalue weighted by molar-refractivity contribution is 5.47. The van der Waals surface area contributed by atoms with E-state index in [0.717, 1.165) is 5.82 Å². The summed E-state index contributed by atoms with van der Waals surface area (Å²) in [5.41, 5.74) is 2.60. The van der Waals surface area contributed by atoms with Gasteiger partial charge < -0.3 is 15.5 Å². The van der Waals surface area contributed by atoms with Gasteiger partial charge in [-0.05, 0) is 32.7 Å². The van der Waals surface area contributed by atoms with Crippen LogP contribution in [0, 0.1) is 0 Å². The highest BCUT2D eigenvalue weighted by Crippen LogP contribution is 2.30. The minimum atomic E-state index is 0.404. The molecule has 0 spiro atoms. The van der Waals surface area contributed by atoms with Gasteiger partial charge in [0.05, 0.1) is 0 Å². The van der Waals surface area contributed by atoms with Crippen molar-refractivity contribution in [1.29, 1.82) is 0 Å². The summed E-state index contributed by atoms with van der Waals surface area (Å²) in [4.78, 5) is 11.4. The second-order valence-corrected chi connectivity index (χ2v) is 5.62. The third-order valence-corrected chi connectivity index (χ3v) is 4.29.